The lowest BCUT2D eigenvalue weighted by Crippen LogP contribution is -2.46. The summed E-state index contributed by atoms with van der Waals surface area (Å²) in [5.74, 6) is 1.15. The normalized spacial score (nSPS) is 24.2. The second kappa shape index (κ2) is 8.77. The Morgan fingerprint density at radius 2 is 1.83 bits per heavy atom. The quantitative estimate of drug-likeness (QED) is 0.579. The van der Waals surface area contributed by atoms with Gasteiger partial charge in [-0.2, -0.15) is 0 Å². The first kappa shape index (κ1) is 21.7. The Bertz CT molecular complexity index is 756. The highest BCUT2D eigenvalue weighted by Gasteiger charge is 2.42. The van der Waals surface area contributed by atoms with E-state index in [0.29, 0.717) is 35.3 Å². The zero-order chi connectivity index (χ0) is 21.2. The number of carbonyl (C=O) groups excluding carboxylic acids is 2. The number of ether oxygens (including phenoxy) is 2. The van der Waals surface area contributed by atoms with E-state index in [4.69, 9.17) is 21.1 Å². The minimum Gasteiger partial charge on any atom is -0.495 e. The molecule has 3 rings (SSSR count). The van der Waals surface area contributed by atoms with Gasteiger partial charge in [-0.15, -0.1) is 0 Å². The summed E-state index contributed by atoms with van der Waals surface area (Å²) < 4.78 is 10.7. The molecule has 0 aromatic heterocycles. The van der Waals surface area contributed by atoms with Gasteiger partial charge < -0.3 is 19.9 Å². The van der Waals surface area contributed by atoms with Crippen molar-refractivity contribution in [3.05, 3.63) is 22.7 Å². The Labute approximate surface area is 175 Å². The number of aliphatic hydroxyl groups is 1. The smallest absolute Gasteiger partial charge is 0.322 e. The molecule has 2 aliphatic rings. The van der Waals surface area contributed by atoms with Crippen molar-refractivity contribution < 1.29 is 24.2 Å². The SMILES string of the molecule is COc1cc(C2CCN(C(O)CCC3(C)NC(=O)NC3=O)CC2)cc(OC)c1Cl. The summed E-state index contributed by atoms with van der Waals surface area (Å²) in [5.41, 5.74) is 0.141. The van der Waals surface area contributed by atoms with Crippen LogP contribution in [0.5, 0.6) is 11.5 Å². The molecule has 2 atom stereocenters. The number of urea groups is 1. The third-order valence-electron chi connectivity index (χ3n) is 5.91. The molecular weight excluding hydrogens is 398 g/mol. The van der Waals surface area contributed by atoms with Crippen LogP contribution in [0.1, 0.15) is 44.1 Å². The van der Waals surface area contributed by atoms with Crippen LogP contribution in [0, 0.1) is 0 Å². The van der Waals surface area contributed by atoms with Gasteiger partial charge in [0.1, 0.15) is 28.3 Å². The van der Waals surface area contributed by atoms with Gasteiger partial charge in [0.2, 0.25) is 0 Å². The van der Waals surface area contributed by atoms with Gasteiger partial charge in [-0.25, -0.2) is 4.79 Å². The molecule has 0 spiro atoms. The van der Waals surface area contributed by atoms with E-state index in [0.717, 1.165) is 31.5 Å². The van der Waals surface area contributed by atoms with E-state index in [1.54, 1.807) is 21.1 Å². The zero-order valence-electron chi connectivity index (χ0n) is 17.0. The number of nitrogens with one attached hydrogen (secondary N) is 2. The number of hydrogen-bond acceptors (Lipinski definition) is 6. The van der Waals surface area contributed by atoms with Crippen molar-refractivity contribution in [2.75, 3.05) is 27.3 Å². The van der Waals surface area contributed by atoms with Crippen molar-refractivity contribution in [1.82, 2.24) is 15.5 Å². The number of piperidine rings is 1. The molecule has 160 valence electrons. The van der Waals surface area contributed by atoms with Crippen LogP contribution in [0.2, 0.25) is 5.02 Å². The number of nitrogens with zero attached hydrogens (tertiary/aromatic N) is 1. The first-order valence-corrected chi connectivity index (χ1v) is 10.1. The average Bonchev–Trinajstić information content (AvgIpc) is 2.98. The van der Waals surface area contributed by atoms with E-state index < -0.39 is 17.8 Å². The largest absolute Gasteiger partial charge is 0.495 e. The van der Waals surface area contributed by atoms with Crippen molar-refractivity contribution in [1.29, 1.82) is 0 Å². The first-order chi connectivity index (χ1) is 13.8. The van der Waals surface area contributed by atoms with Crippen molar-refractivity contribution in [3.8, 4) is 11.5 Å². The minimum atomic E-state index is -0.965. The third kappa shape index (κ3) is 4.60. The molecule has 0 radical (unpaired) electrons. The first-order valence-electron chi connectivity index (χ1n) is 9.74. The predicted octanol–water partition coefficient (Wildman–Crippen LogP) is 2.23. The number of hydrogen-bond donors (Lipinski definition) is 3. The van der Waals surface area contributed by atoms with E-state index in [1.165, 1.54) is 0 Å². The zero-order valence-corrected chi connectivity index (χ0v) is 17.7. The lowest BCUT2D eigenvalue weighted by Gasteiger charge is -2.36. The molecule has 2 aliphatic heterocycles. The topological polar surface area (TPSA) is 100 Å². The van der Waals surface area contributed by atoms with Gasteiger partial charge in [0.05, 0.1) is 14.2 Å². The Balaban J connectivity index is 1.56. The number of aliphatic hydroxyl groups excluding tert-OH is 1. The summed E-state index contributed by atoms with van der Waals surface area (Å²) in [6.45, 7) is 3.14. The molecule has 3 N–H and O–H groups in total. The van der Waals surface area contributed by atoms with Gasteiger partial charge in [-0.3, -0.25) is 15.0 Å². The van der Waals surface area contributed by atoms with Crippen molar-refractivity contribution in [2.24, 2.45) is 0 Å². The molecule has 8 nitrogen and oxygen atoms in total. The van der Waals surface area contributed by atoms with Crippen LogP contribution in [0.3, 0.4) is 0 Å². The van der Waals surface area contributed by atoms with Gasteiger partial charge in [0, 0.05) is 13.1 Å². The number of amides is 3. The molecule has 2 saturated heterocycles. The van der Waals surface area contributed by atoms with Gasteiger partial charge in [0.25, 0.3) is 5.91 Å². The maximum Gasteiger partial charge on any atom is 0.322 e. The van der Waals surface area contributed by atoms with Crippen molar-refractivity contribution in [2.45, 2.75) is 50.3 Å². The predicted molar refractivity (Wildman–Crippen MR) is 108 cm³/mol. The second-order valence-electron chi connectivity index (χ2n) is 7.81. The summed E-state index contributed by atoms with van der Waals surface area (Å²) in [7, 11) is 3.16. The van der Waals surface area contributed by atoms with E-state index in [-0.39, 0.29) is 5.91 Å². The van der Waals surface area contributed by atoms with Gasteiger partial charge in [0.15, 0.2) is 0 Å². The van der Waals surface area contributed by atoms with Gasteiger partial charge in [-0.1, -0.05) is 11.6 Å². The lowest BCUT2D eigenvalue weighted by atomic mass is 9.88. The number of halogens is 1. The number of methoxy groups -OCH3 is 2. The minimum absolute atomic E-state index is 0.316. The number of rotatable bonds is 7. The maximum atomic E-state index is 11.9. The molecule has 9 heteroatoms. The third-order valence-corrected chi connectivity index (χ3v) is 6.28. The van der Waals surface area contributed by atoms with Crippen LogP contribution in [0.25, 0.3) is 0 Å². The Morgan fingerprint density at radius 3 is 2.31 bits per heavy atom. The molecule has 1 aromatic carbocycles. The highest BCUT2D eigenvalue weighted by Crippen LogP contribution is 2.40. The highest BCUT2D eigenvalue weighted by atomic mass is 35.5. The summed E-state index contributed by atoms with van der Waals surface area (Å²) >= 11 is 6.26. The van der Waals surface area contributed by atoms with Crippen molar-refractivity contribution in [3.63, 3.8) is 0 Å². The molecule has 2 fully saturated rings. The molecule has 2 heterocycles. The van der Waals surface area contributed by atoms with Crippen LogP contribution >= 0.6 is 11.6 Å². The second-order valence-corrected chi connectivity index (χ2v) is 8.19. The summed E-state index contributed by atoms with van der Waals surface area (Å²) in [6.07, 6.45) is 1.86. The molecule has 2 unspecified atom stereocenters. The van der Waals surface area contributed by atoms with E-state index in [1.807, 2.05) is 17.0 Å². The van der Waals surface area contributed by atoms with Crippen LogP contribution in [0.4, 0.5) is 4.79 Å². The molecule has 0 saturated carbocycles. The maximum absolute atomic E-state index is 11.9. The number of benzene rings is 1. The molecule has 0 aliphatic carbocycles. The highest BCUT2D eigenvalue weighted by molar-refractivity contribution is 6.33. The van der Waals surface area contributed by atoms with Crippen LogP contribution in [-0.2, 0) is 4.79 Å². The van der Waals surface area contributed by atoms with E-state index in [9.17, 15) is 14.7 Å². The van der Waals surface area contributed by atoms with Crippen LogP contribution < -0.4 is 20.1 Å². The van der Waals surface area contributed by atoms with Gasteiger partial charge >= 0.3 is 6.03 Å². The van der Waals surface area contributed by atoms with Crippen LogP contribution in [-0.4, -0.2) is 61.0 Å². The van der Waals surface area contributed by atoms with Crippen LogP contribution in [0.15, 0.2) is 12.1 Å². The molecular formula is C20H28ClN3O5. The van der Waals surface area contributed by atoms with Crippen molar-refractivity contribution >= 4 is 23.5 Å². The van der Waals surface area contributed by atoms with Gasteiger partial charge in [-0.05, 0) is 56.2 Å². The Kier molecular flexibility index (Phi) is 6.55. The van der Waals surface area contributed by atoms with E-state index >= 15 is 0 Å². The summed E-state index contributed by atoms with van der Waals surface area (Å²) in [5, 5.41) is 15.9. The molecule has 0 bridgehead atoms. The fourth-order valence-corrected chi connectivity index (χ4v) is 4.28. The molecule has 1 aromatic rings. The summed E-state index contributed by atoms with van der Waals surface area (Å²) in [4.78, 5) is 25.3. The fourth-order valence-electron chi connectivity index (χ4n) is 4.01. The molecule has 3 amide bonds. The average molecular weight is 426 g/mol. The Morgan fingerprint density at radius 1 is 1.24 bits per heavy atom. The standard InChI is InChI=1S/C20H28ClN3O5/c1-20(18(26)22-19(27)23-20)7-4-16(25)24-8-5-12(6-9-24)13-10-14(28-2)17(21)15(11-13)29-3/h10-12,16,25H,4-9H2,1-3H3,(H2,22,23,26,27). The Hall–Kier alpha value is -2.03. The summed E-state index contributed by atoms with van der Waals surface area (Å²) in [6, 6.07) is 3.41. The number of imide groups is 1. The fraction of sp³-hybridized carbons (Fsp3) is 0.600. The van der Waals surface area contributed by atoms with E-state index in [2.05, 4.69) is 10.6 Å². The number of likely N-dealkylation sites (tertiary alicyclic amines) is 1. The lowest BCUT2D eigenvalue weighted by molar-refractivity contribution is -0.124. The monoisotopic (exact) mass is 425 g/mol. The molecule has 29 heavy (non-hydrogen) atoms. The number of carbonyl (C=O) groups is 2.